The smallest absolute Gasteiger partial charge is 0.407 e. The van der Waals surface area contributed by atoms with Crippen LogP contribution in [0.1, 0.15) is 12.0 Å². The molecule has 2 atom stereocenters. The van der Waals surface area contributed by atoms with Crippen LogP contribution in [-0.2, 0) is 11.3 Å². The molecule has 0 aromatic heterocycles. The van der Waals surface area contributed by atoms with Crippen LogP contribution in [0.3, 0.4) is 0 Å². The average molecular weight is 221 g/mol. The van der Waals surface area contributed by atoms with Gasteiger partial charge in [0, 0.05) is 18.6 Å². The van der Waals surface area contributed by atoms with Gasteiger partial charge in [-0.3, -0.25) is 0 Å². The summed E-state index contributed by atoms with van der Waals surface area (Å²) in [7, 11) is 0. The molecule has 1 aliphatic carbocycles. The second kappa shape index (κ2) is 4.99. The molecule has 1 aromatic carbocycles. The molecule has 1 saturated carbocycles. The summed E-state index contributed by atoms with van der Waals surface area (Å²) >= 11 is 0. The zero-order chi connectivity index (χ0) is 11.4. The third-order valence-corrected chi connectivity index (χ3v) is 2.67. The highest BCUT2D eigenvalue weighted by atomic mass is 16.5. The van der Waals surface area contributed by atoms with Gasteiger partial charge in [0.25, 0.3) is 0 Å². The number of aliphatic hydroxyl groups is 1. The van der Waals surface area contributed by atoms with E-state index in [1.54, 1.807) is 0 Å². The number of nitrogens with one attached hydrogen (secondary N) is 1. The predicted octanol–water partition coefficient (Wildman–Crippen LogP) is 1.29. The molecule has 4 nitrogen and oxygen atoms in total. The van der Waals surface area contributed by atoms with Crippen molar-refractivity contribution in [2.45, 2.75) is 19.1 Å². The van der Waals surface area contributed by atoms with Gasteiger partial charge in [-0.15, -0.1) is 0 Å². The number of aliphatic hydroxyl groups excluding tert-OH is 1. The summed E-state index contributed by atoms with van der Waals surface area (Å²) in [4.78, 5) is 11.3. The number of hydrogen-bond donors (Lipinski definition) is 2. The molecular formula is C12H15NO3. The van der Waals surface area contributed by atoms with E-state index in [2.05, 4.69) is 5.32 Å². The van der Waals surface area contributed by atoms with Crippen molar-refractivity contribution in [2.75, 3.05) is 6.61 Å². The van der Waals surface area contributed by atoms with Gasteiger partial charge in [-0.2, -0.15) is 0 Å². The minimum Gasteiger partial charge on any atom is -0.445 e. The number of rotatable bonds is 4. The molecule has 1 aromatic rings. The predicted molar refractivity (Wildman–Crippen MR) is 58.7 cm³/mol. The van der Waals surface area contributed by atoms with Crippen LogP contribution in [0.5, 0.6) is 0 Å². The van der Waals surface area contributed by atoms with Crippen molar-refractivity contribution in [1.82, 2.24) is 5.32 Å². The van der Waals surface area contributed by atoms with Crippen molar-refractivity contribution in [3.8, 4) is 0 Å². The van der Waals surface area contributed by atoms with E-state index < -0.39 is 6.09 Å². The first-order valence-corrected chi connectivity index (χ1v) is 5.37. The summed E-state index contributed by atoms with van der Waals surface area (Å²) in [6, 6.07) is 9.62. The minimum atomic E-state index is -0.412. The summed E-state index contributed by atoms with van der Waals surface area (Å²) in [5.41, 5.74) is 0.965. The molecule has 1 amide bonds. The first-order chi connectivity index (χ1) is 7.79. The average Bonchev–Trinajstić information content (AvgIpc) is 3.06. The maximum absolute atomic E-state index is 11.3. The van der Waals surface area contributed by atoms with Crippen molar-refractivity contribution >= 4 is 6.09 Å². The minimum absolute atomic E-state index is 0.0910. The van der Waals surface area contributed by atoms with Gasteiger partial charge in [-0.25, -0.2) is 4.79 Å². The Bertz CT molecular complexity index is 353. The Hall–Kier alpha value is -1.55. The fourth-order valence-corrected chi connectivity index (χ4v) is 1.54. The lowest BCUT2D eigenvalue weighted by Gasteiger charge is -2.06. The fourth-order valence-electron chi connectivity index (χ4n) is 1.54. The topological polar surface area (TPSA) is 58.6 Å². The highest BCUT2D eigenvalue weighted by Crippen LogP contribution is 2.29. The molecule has 86 valence electrons. The Kier molecular flexibility index (Phi) is 3.41. The standard InChI is InChI=1S/C12H15NO3/c14-7-10-6-11(10)13-12(15)16-8-9-4-2-1-3-5-9/h1-5,10-11,14H,6-8H2,(H,13,15)/t10-,11-/m1/s1. The van der Waals surface area contributed by atoms with Crippen molar-refractivity contribution in [2.24, 2.45) is 5.92 Å². The van der Waals surface area contributed by atoms with E-state index in [9.17, 15) is 4.79 Å². The number of ether oxygens (including phenoxy) is 1. The quantitative estimate of drug-likeness (QED) is 0.805. The van der Waals surface area contributed by atoms with Gasteiger partial charge in [0.1, 0.15) is 6.61 Å². The third kappa shape index (κ3) is 2.97. The Morgan fingerprint density at radius 2 is 2.19 bits per heavy atom. The Morgan fingerprint density at radius 1 is 1.44 bits per heavy atom. The molecule has 0 saturated heterocycles. The normalized spacial score (nSPS) is 22.6. The molecule has 0 aliphatic heterocycles. The zero-order valence-electron chi connectivity index (χ0n) is 8.93. The molecule has 0 spiro atoms. The summed E-state index contributed by atoms with van der Waals surface area (Å²) in [5, 5.41) is 11.5. The second-order valence-corrected chi connectivity index (χ2v) is 3.99. The highest BCUT2D eigenvalue weighted by Gasteiger charge is 2.37. The largest absolute Gasteiger partial charge is 0.445 e. The van der Waals surface area contributed by atoms with Crippen molar-refractivity contribution in [3.05, 3.63) is 35.9 Å². The van der Waals surface area contributed by atoms with E-state index >= 15 is 0 Å². The zero-order valence-corrected chi connectivity index (χ0v) is 8.93. The van der Waals surface area contributed by atoms with E-state index in [1.807, 2.05) is 30.3 Å². The van der Waals surface area contributed by atoms with Crippen LogP contribution in [0.15, 0.2) is 30.3 Å². The van der Waals surface area contributed by atoms with Crippen molar-refractivity contribution in [3.63, 3.8) is 0 Å². The number of benzene rings is 1. The number of alkyl carbamates (subject to hydrolysis) is 1. The Balaban J connectivity index is 1.69. The lowest BCUT2D eigenvalue weighted by Crippen LogP contribution is -2.27. The summed E-state index contributed by atoms with van der Waals surface area (Å²) in [6.07, 6.45) is 0.432. The van der Waals surface area contributed by atoms with E-state index in [4.69, 9.17) is 9.84 Å². The van der Waals surface area contributed by atoms with Gasteiger partial charge in [0.15, 0.2) is 0 Å². The van der Waals surface area contributed by atoms with E-state index in [-0.39, 0.29) is 25.2 Å². The van der Waals surface area contributed by atoms with E-state index in [0.717, 1.165) is 12.0 Å². The molecule has 1 fully saturated rings. The highest BCUT2D eigenvalue weighted by molar-refractivity contribution is 5.68. The molecule has 4 heteroatoms. The van der Waals surface area contributed by atoms with Crippen molar-refractivity contribution in [1.29, 1.82) is 0 Å². The van der Waals surface area contributed by atoms with Gasteiger partial charge < -0.3 is 15.2 Å². The number of hydrogen-bond acceptors (Lipinski definition) is 3. The first kappa shape index (κ1) is 11.0. The maximum atomic E-state index is 11.3. The lowest BCUT2D eigenvalue weighted by molar-refractivity contribution is 0.138. The second-order valence-electron chi connectivity index (χ2n) is 3.99. The third-order valence-electron chi connectivity index (χ3n) is 2.67. The van der Waals surface area contributed by atoms with Crippen LogP contribution in [0, 0.1) is 5.92 Å². The first-order valence-electron chi connectivity index (χ1n) is 5.37. The molecule has 0 bridgehead atoms. The Morgan fingerprint density at radius 3 is 2.81 bits per heavy atom. The molecular weight excluding hydrogens is 206 g/mol. The number of carbonyl (C=O) groups is 1. The molecule has 2 rings (SSSR count). The van der Waals surface area contributed by atoms with Crippen LogP contribution in [0.2, 0.25) is 0 Å². The number of amides is 1. The molecule has 16 heavy (non-hydrogen) atoms. The Labute approximate surface area is 94.2 Å². The molecule has 0 unspecified atom stereocenters. The molecule has 1 aliphatic rings. The summed E-state index contributed by atoms with van der Waals surface area (Å²) in [5.74, 6) is 0.212. The molecule has 2 N–H and O–H groups in total. The van der Waals surface area contributed by atoms with Gasteiger partial charge >= 0.3 is 6.09 Å². The lowest BCUT2D eigenvalue weighted by atomic mass is 10.2. The van der Waals surface area contributed by atoms with E-state index in [0.29, 0.717) is 0 Å². The monoisotopic (exact) mass is 221 g/mol. The van der Waals surface area contributed by atoms with Crippen LogP contribution in [-0.4, -0.2) is 23.8 Å². The SMILES string of the molecule is O=C(N[C@@H]1C[C@@H]1CO)OCc1ccccc1. The van der Waals surface area contributed by atoms with Crippen molar-refractivity contribution < 1.29 is 14.6 Å². The van der Waals surface area contributed by atoms with Crippen LogP contribution >= 0.6 is 0 Å². The number of carbonyl (C=O) groups excluding carboxylic acids is 1. The van der Waals surface area contributed by atoms with Gasteiger partial charge in [0.2, 0.25) is 0 Å². The summed E-state index contributed by atoms with van der Waals surface area (Å²) in [6.45, 7) is 0.410. The van der Waals surface area contributed by atoms with Gasteiger partial charge in [-0.1, -0.05) is 30.3 Å². The molecule has 0 radical (unpaired) electrons. The molecule has 0 heterocycles. The van der Waals surface area contributed by atoms with Crippen LogP contribution in [0.25, 0.3) is 0 Å². The fraction of sp³-hybridized carbons (Fsp3) is 0.417. The van der Waals surface area contributed by atoms with Gasteiger partial charge in [-0.05, 0) is 12.0 Å². The van der Waals surface area contributed by atoms with Crippen LogP contribution < -0.4 is 5.32 Å². The van der Waals surface area contributed by atoms with E-state index in [1.165, 1.54) is 0 Å². The van der Waals surface area contributed by atoms with Gasteiger partial charge in [0.05, 0.1) is 0 Å². The van der Waals surface area contributed by atoms with Crippen LogP contribution in [0.4, 0.5) is 4.79 Å². The summed E-state index contributed by atoms with van der Waals surface area (Å²) < 4.78 is 5.04. The maximum Gasteiger partial charge on any atom is 0.407 e.